The van der Waals surface area contributed by atoms with Gasteiger partial charge in [0.05, 0.1) is 19.5 Å². The first-order valence-electron chi connectivity index (χ1n) is 10.6. The summed E-state index contributed by atoms with van der Waals surface area (Å²) in [7, 11) is 0. The number of nitrogens with zero attached hydrogens (tertiary/aromatic N) is 2. The number of morpholine rings is 1. The minimum atomic E-state index is -0.400. The van der Waals surface area contributed by atoms with Crippen molar-refractivity contribution in [3.63, 3.8) is 0 Å². The maximum atomic E-state index is 13.0. The van der Waals surface area contributed by atoms with Crippen molar-refractivity contribution < 1.29 is 18.7 Å². The number of hydrogen-bond donors (Lipinski definition) is 1. The average Bonchev–Trinajstić information content (AvgIpc) is 3.45. The van der Waals surface area contributed by atoms with E-state index >= 15 is 0 Å². The molecule has 2 saturated heterocycles. The Balaban J connectivity index is 1.40. The van der Waals surface area contributed by atoms with E-state index < -0.39 is 6.04 Å². The molecule has 2 amide bonds. The van der Waals surface area contributed by atoms with Crippen LogP contribution in [-0.2, 0) is 9.53 Å². The second-order valence-corrected chi connectivity index (χ2v) is 8.24. The highest BCUT2D eigenvalue weighted by Crippen LogP contribution is 2.34. The average molecular weight is 389 g/mol. The Kier molecular flexibility index (Phi) is 6.01. The van der Waals surface area contributed by atoms with Crippen molar-refractivity contribution in [3.8, 4) is 0 Å². The van der Waals surface area contributed by atoms with Crippen LogP contribution in [0.4, 0.5) is 0 Å². The van der Waals surface area contributed by atoms with Gasteiger partial charge < -0.3 is 19.4 Å². The third-order valence-electron chi connectivity index (χ3n) is 6.61. The second-order valence-electron chi connectivity index (χ2n) is 8.24. The monoisotopic (exact) mass is 389 g/mol. The molecule has 0 spiro atoms. The molecule has 1 N–H and O–H groups in total. The molecule has 3 heterocycles. The van der Waals surface area contributed by atoms with Crippen molar-refractivity contribution in [2.45, 2.75) is 56.5 Å². The van der Waals surface area contributed by atoms with Crippen LogP contribution >= 0.6 is 0 Å². The highest BCUT2D eigenvalue weighted by Gasteiger charge is 2.41. The molecule has 0 aromatic carbocycles. The smallest absolute Gasteiger partial charge is 0.290 e. The van der Waals surface area contributed by atoms with E-state index in [-0.39, 0.29) is 17.4 Å². The van der Waals surface area contributed by atoms with Gasteiger partial charge in [-0.25, -0.2) is 0 Å². The number of likely N-dealkylation sites (tertiary alicyclic amines) is 1. The summed E-state index contributed by atoms with van der Waals surface area (Å²) in [6.45, 7) is 4.66. The van der Waals surface area contributed by atoms with E-state index in [1.807, 2.05) is 0 Å². The van der Waals surface area contributed by atoms with Crippen molar-refractivity contribution in [1.29, 1.82) is 0 Å². The van der Waals surface area contributed by atoms with E-state index in [9.17, 15) is 9.59 Å². The minimum Gasteiger partial charge on any atom is -0.459 e. The van der Waals surface area contributed by atoms with Crippen molar-refractivity contribution in [2.24, 2.45) is 0 Å². The molecule has 3 fully saturated rings. The SMILES string of the molecule is O=C(NCC1(N2CCOCC2)CCCCC1)C1CCCN1C(=O)c1ccco1. The van der Waals surface area contributed by atoms with E-state index in [4.69, 9.17) is 9.15 Å². The van der Waals surface area contributed by atoms with Gasteiger partial charge >= 0.3 is 0 Å². The summed E-state index contributed by atoms with van der Waals surface area (Å²) < 4.78 is 10.8. The van der Waals surface area contributed by atoms with Gasteiger partial charge in [-0.3, -0.25) is 14.5 Å². The van der Waals surface area contributed by atoms with E-state index in [1.165, 1.54) is 25.5 Å². The lowest BCUT2D eigenvalue weighted by molar-refractivity contribution is -0.126. The standard InChI is InChI=1S/C21H31N3O4/c25-19(17-6-4-10-24(17)20(26)18-7-5-13-28-18)22-16-21(8-2-1-3-9-21)23-11-14-27-15-12-23/h5,7,13,17H,1-4,6,8-12,14-16H2,(H,22,25). The molecule has 7 nitrogen and oxygen atoms in total. The van der Waals surface area contributed by atoms with Crippen LogP contribution in [0.3, 0.4) is 0 Å². The molecule has 28 heavy (non-hydrogen) atoms. The molecule has 0 bridgehead atoms. The molecule has 1 aromatic rings. The molecule has 1 aliphatic carbocycles. The Labute approximate surface area is 166 Å². The lowest BCUT2D eigenvalue weighted by Gasteiger charge is -2.48. The molecule has 3 aliphatic rings. The summed E-state index contributed by atoms with van der Waals surface area (Å²) in [6, 6.07) is 2.96. The summed E-state index contributed by atoms with van der Waals surface area (Å²) in [5, 5.41) is 3.22. The zero-order valence-corrected chi connectivity index (χ0v) is 16.5. The van der Waals surface area contributed by atoms with Crippen molar-refractivity contribution in [1.82, 2.24) is 15.1 Å². The summed E-state index contributed by atoms with van der Waals surface area (Å²) in [4.78, 5) is 29.9. The molecular formula is C21H31N3O4. The van der Waals surface area contributed by atoms with Gasteiger partial charge in [0.2, 0.25) is 5.91 Å². The zero-order valence-electron chi connectivity index (χ0n) is 16.5. The van der Waals surface area contributed by atoms with Gasteiger partial charge in [-0.1, -0.05) is 19.3 Å². The fourth-order valence-electron chi connectivity index (χ4n) is 5.05. The zero-order chi connectivity index (χ0) is 19.4. The Morgan fingerprint density at radius 3 is 2.61 bits per heavy atom. The normalized spacial score (nSPS) is 25.6. The number of furan rings is 1. The van der Waals surface area contributed by atoms with Crippen molar-refractivity contribution in [2.75, 3.05) is 39.4 Å². The fraction of sp³-hybridized carbons (Fsp3) is 0.714. The van der Waals surface area contributed by atoms with Gasteiger partial charge in [-0.05, 0) is 37.8 Å². The van der Waals surface area contributed by atoms with Crippen LogP contribution in [0.15, 0.2) is 22.8 Å². The van der Waals surface area contributed by atoms with Crippen molar-refractivity contribution in [3.05, 3.63) is 24.2 Å². The molecule has 1 aromatic heterocycles. The number of carbonyl (C=O) groups is 2. The molecule has 0 radical (unpaired) electrons. The van der Waals surface area contributed by atoms with Crippen LogP contribution in [0.25, 0.3) is 0 Å². The lowest BCUT2D eigenvalue weighted by atomic mass is 9.79. The summed E-state index contributed by atoms with van der Waals surface area (Å²) in [6.07, 6.45) is 8.98. The second kappa shape index (κ2) is 8.66. The Morgan fingerprint density at radius 2 is 1.89 bits per heavy atom. The number of ether oxygens (including phenoxy) is 1. The molecule has 1 saturated carbocycles. The first-order chi connectivity index (χ1) is 13.7. The van der Waals surface area contributed by atoms with Crippen LogP contribution in [-0.4, -0.2) is 72.6 Å². The molecular weight excluding hydrogens is 358 g/mol. The first-order valence-corrected chi connectivity index (χ1v) is 10.6. The van der Waals surface area contributed by atoms with Crippen LogP contribution in [0.1, 0.15) is 55.5 Å². The maximum Gasteiger partial charge on any atom is 0.290 e. The van der Waals surface area contributed by atoms with Crippen LogP contribution in [0.5, 0.6) is 0 Å². The molecule has 1 atom stereocenters. The number of carbonyl (C=O) groups excluding carboxylic acids is 2. The lowest BCUT2D eigenvalue weighted by Crippen LogP contribution is -2.60. The predicted molar refractivity (Wildman–Crippen MR) is 104 cm³/mol. The number of nitrogens with one attached hydrogen (secondary N) is 1. The highest BCUT2D eigenvalue weighted by atomic mass is 16.5. The summed E-state index contributed by atoms with van der Waals surface area (Å²) in [5.41, 5.74) is 0.0339. The van der Waals surface area contributed by atoms with Gasteiger partial charge in [-0.15, -0.1) is 0 Å². The Bertz CT molecular complexity index is 663. The summed E-state index contributed by atoms with van der Waals surface area (Å²) >= 11 is 0. The fourth-order valence-corrected chi connectivity index (χ4v) is 5.05. The van der Waals surface area contributed by atoms with Crippen LogP contribution in [0.2, 0.25) is 0 Å². The predicted octanol–water partition coefficient (Wildman–Crippen LogP) is 2.04. The number of hydrogen-bond acceptors (Lipinski definition) is 5. The molecule has 1 unspecified atom stereocenters. The summed E-state index contributed by atoms with van der Waals surface area (Å²) in [5.74, 6) is 0.0793. The van der Waals surface area contributed by atoms with Crippen LogP contribution < -0.4 is 5.32 Å². The highest BCUT2D eigenvalue weighted by molar-refractivity contribution is 5.96. The molecule has 2 aliphatic heterocycles. The maximum absolute atomic E-state index is 13.0. The minimum absolute atomic E-state index is 0.0318. The van der Waals surface area contributed by atoms with Crippen LogP contribution in [0, 0.1) is 0 Å². The third-order valence-corrected chi connectivity index (χ3v) is 6.61. The van der Waals surface area contributed by atoms with E-state index in [0.717, 1.165) is 45.6 Å². The van der Waals surface area contributed by atoms with Crippen molar-refractivity contribution >= 4 is 11.8 Å². The Hall–Kier alpha value is -1.86. The molecule has 7 heteroatoms. The number of amides is 2. The van der Waals surface area contributed by atoms with Gasteiger partial charge in [0, 0.05) is 31.7 Å². The van der Waals surface area contributed by atoms with E-state index in [2.05, 4.69) is 10.2 Å². The largest absolute Gasteiger partial charge is 0.459 e. The van der Waals surface area contributed by atoms with Gasteiger partial charge in [0.15, 0.2) is 5.76 Å². The Morgan fingerprint density at radius 1 is 1.11 bits per heavy atom. The van der Waals surface area contributed by atoms with E-state index in [0.29, 0.717) is 25.3 Å². The third kappa shape index (κ3) is 3.96. The molecule has 4 rings (SSSR count). The quantitative estimate of drug-likeness (QED) is 0.834. The van der Waals surface area contributed by atoms with Gasteiger partial charge in [0.25, 0.3) is 5.91 Å². The first kappa shape index (κ1) is 19.5. The van der Waals surface area contributed by atoms with E-state index in [1.54, 1.807) is 17.0 Å². The topological polar surface area (TPSA) is 75.0 Å². The number of rotatable bonds is 5. The van der Waals surface area contributed by atoms with Gasteiger partial charge in [-0.2, -0.15) is 0 Å². The molecule has 154 valence electrons. The van der Waals surface area contributed by atoms with Gasteiger partial charge in [0.1, 0.15) is 6.04 Å².